The monoisotopic (exact) mass is 316 g/mol. The van der Waals surface area contributed by atoms with E-state index >= 15 is 0 Å². The van der Waals surface area contributed by atoms with Gasteiger partial charge in [-0.1, -0.05) is 25.0 Å². The lowest BCUT2D eigenvalue weighted by Gasteiger charge is -2.30. The van der Waals surface area contributed by atoms with Gasteiger partial charge in [-0.05, 0) is 25.0 Å². The number of hydrogen-bond acceptors (Lipinski definition) is 4. The number of nitrogens with zero attached hydrogens (tertiary/aromatic N) is 1. The lowest BCUT2D eigenvalue weighted by atomic mass is 9.85. The smallest absolute Gasteiger partial charge is 0.251 e. The van der Waals surface area contributed by atoms with Crippen molar-refractivity contribution in [2.45, 2.75) is 31.7 Å². The van der Waals surface area contributed by atoms with Crippen LogP contribution in [0.1, 0.15) is 36.0 Å². The molecule has 1 amide bonds. The Labute approximate surface area is 134 Å². The number of aromatic nitrogens is 1. The first-order valence-corrected chi connectivity index (χ1v) is 8.62. The topological polar surface area (TPSA) is 62.2 Å². The van der Waals surface area contributed by atoms with Crippen LogP contribution in [0.2, 0.25) is 0 Å². The van der Waals surface area contributed by atoms with E-state index in [1.165, 1.54) is 0 Å². The zero-order chi connectivity index (χ0) is 15.4. The number of carbonyl (C=O) groups is 1. The van der Waals surface area contributed by atoms with Gasteiger partial charge in [0.15, 0.2) is 0 Å². The van der Waals surface area contributed by atoms with Gasteiger partial charge < -0.3 is 10.4 Å². The summed E-state index contributed by atoms with van der Waals surface area (Å²) in [5.41, 5.74) is 4.41. The van der Waals surface area contributed by atoms with E-state index < -0.39 is 0 Å². The third-order valence-corrected chi connectivity index (χ3v) is 4.92. The first kappa shape index (κ1) is 15.2. The van der Waals surface area contributed by atoms with Crippen LogP contribution < -0.4 is 5.32 Å². The summed E-state index contributed by atoms with van der Waals surface area (Å²) in [5.74, 6) is 0.127. The molecule has 22 heavy (non-hydrogen) atoms. The first-order chi connectivity index (χ1) is 10.8. The van der Waals surface area contributed by atoms with E-state index in [-0.39, 0.29) is 24.5 Å². The lowest BCUT2D eigenvalue weighted by molar-refractivity contribution is 0.0872. The van der Waals surface area contributed by atoms with Crippen molar-refractivity contribution < 1.29 is 9.90 Å². The molecule has 1 aromatic carbocycles. The molecule has 1 aromatic heterocycles. The number of aliphatic hydroxyl groups is 1. The molecule has 1 aliphatic rings. The second kappa shape index (κ2) is 7.03. The third kappa shape index (κ3) is 3.36. The molecule has 0 radical (unpaired) electrons. The molecule has 5 heteroatoms. The largest absolute Gasteiger partial charge is 0.396 e. The molecule has 1 fully saturated rings. The van der Waals surface area contributed by atoms with Crippen LogP contribution in [0.5, 0.6) is 0 Å². The highest BCUT2D eigenvalue weighted by molar-refractivity contribution is 7.07. The summed E-state index contributed by atoms with van der Waals surface area (Å²) in [7, 11) is 0. The summed E-state index contributed by atoms with van der Waals surface area (Å²) in [6.07, 6.45) is 4.20. The van der Waals surface area contributed by atoms with Crippen molar-refractivity contribution in [3.63, 3.8) is 0 Å². The van der Waals surface area contributed by atoms with Crippen molar-refractivity contribution in [1.82, 2.24) is 10.3 Å². The van der Waals surface area contributed by atoms with Gasteiger partial charge in [-0.25, -0.2) is 4.98 Å². The molecule has 116 valence electrons. The maximum Gasteiger partial charge on any atom is 0.251 e. The van der Waals surface area contributed by atoms with Gasteiger partial charge in [-0.15, -0.1) is 11.3 Å². The SMILES string of the molecule is O=C(NC1CCCCC1CO)c1ccc(-c2cscn2)cc1. The van der Waals surface area contributed by atoms with Crippen molar-refractivity contribution in [1.29, 1.82) is 0 Å². The average Bonchev–Trinajstić information content (AvgIpc) is 3.10. The van der Waals surface area contributed by atoms with Crippen molar-refractivity contribution in [2.75, 3.05) is 6.61 Å². The molecule has 0 bridgehead atoms. The Balaban J connectivity index is 1.67. The Morgan fingerprint density at radius 3 is 2.73 bits per heavy atom. The van der Waals surface area contributed by atoms with Crippen LogP contribution in [0.25, 0.3) is 11.3 Å². The van der Waals surface area contributed by atoms with Crippen molar-refractivity contribution in [3.8, 4) is 11.3 Å². The Morgan fingerprint density at radius 1 is 1.27 bits per heavy atom. The van der Waals surface area contributed by atoms with Crippen LogP contribution in [-0.2, 0) is 0 Å². The van der Waals surface area contributed by atoms with Crippen LogP contribution in [0.4, 0.5) is 0 Å². The van der Waals surface area contributed by atoms with E-state index in [4.69, 9.17) is 0 Å². The number of hydrogen-bond donors (Lipinski definition) is 2. The zero-order valence-electron chi connectivity index (χ0n) is 12.4. The Morgan fingerprint density at radius 2 is 2.05 bits per heavy atom. The minimum Gasteiger partial charge on any atom is -0.396 e. The maximum absolute atomic E-state index is 12.4. The summed E-state index contributed by atoms with van der Waals surface area (Å²) in [6.45, 7) is 0.147. The second-order valence-corrected chi connectivity index (χ2v) is 6.48. The maximum atomic E-state index is 12.4. The molecule has 0 saturated heterocycles. The molecule has 2 N–H and O–H groups in total. The highest BCUT2D eigenvalue weighted by atomic mass is 32.1. The molecule has 0 spiro atoms. The van der Waals surface area contributed by atoms with E-state index in [1.54, 1.807) is 16.8 Å². The second-order valence-electron chi connectivity index (χ2n) is 5.76. The summed E-state index contributed by atoms with van der Waals surface area (Å²) >= 11 is 1.56. The Bertz CT molecular complexity index is 610. The molecule has 3 rings (SSSR count). The van der Waals surface area contributed by atoms with E-state index in [1.807, 2.05) is 29.6 Å². The molecule has 0 aliphatic heterocycles. The van der Waals surface area contributed by atoms with Gasteiger partial charge in [0.05, 0.1) is 11.2 Å². The van der Waals surface area contributed by atoms with Gasteiger partial charge in [0.1, 0.15) is 0 Å². The van der Waals surface area contributed by atoms with Crippen LogP contribution in [0.15, 0.2) is 35.2 Å². The number of aliphatic hydroxyl groups excluding tert-OH is 1. The highest BCUT2D eigenvalue weighted by Gasteiger charge is 2.26. The molecule has 1 heterocycles. The van der Waals surface area contributed by atoms with E-state index in [9.17, 15) is 9.90 Å². The van der Waals surface area contributed by atoms with Crippen molar-refractivity contribution in [3.05, 3.63) is 40.7 Å². The molecule has 1 saturated carbocycles. The fraction of sp³-hybridized carbons (Fsp3) is 0.412. The lowest BCUT2D eigenvalue weighted by Crippen LogP contribution is -2.43. The summed E-state index contributed by atoms with van der Waals surface area (Å²) < 4.78 is 0. The van der Waals surface area contributed by atoms with Crippen LogP contribution in [-0.4, -0.2) is 28.6 Å². The van der Waals surface area contributed by atoms with Gasteiger partial charge in [-0.3, -0.25) is 4.79 Å². The molecular formula is C17H20N2O2S. The van der Waals surface area contributed by atoms with Gasteiger partial charge in [0, 0.05) is 35.1 Å². The Hall–Kier alpha value is -1.72. The fourth-order valence-electron chi connectivity index (χ4n) is 3.02. The summed E-state index contributed by atoms with van der Waals surface area (Å²) in [5, 5.41) is 14.5. The standard InChI is InChI=1S/C17H20N2O2S/c20-9-14-3-1-2-4-15(14)19-17(21)13-7-5-12(6-8-13)16-10-22-11-18-16/h5-8,10-11,14-15,20H,1-4,9H2,(H,19,21). The number of benzene rings is 1. The van der Waals surface area contributed by atoms with E-state index in [0.29, 0.717) is 5.56 Å². The van der Waals surface area contributed by atoms with Crippen molar-refractivity contribution in [2.24, 2.45) is 5.92 Å². The van der Waals surface area contributed by atoms with Gasteiger partial charge in [0.25, 0.3) is 5.91 Å². The van der Waals surface area contributed by atoms with Gasteiger partial charge in [0.2, 0.25) is 0 Å². The first-order valence-electron chi connectivity index (χ1n) is 7.68. The number of amides is 1. The average molecular weight is 316 g/mol. The van der Waals surface area contributed by atoms with E-state index in [2.05, 4.69) is 10.3 Å². The minimum absolute atomic E-state index is 0.0600. The summed E-state index contributed by atoms with van der Waals surface area (Å²) in [4.78, 5) is 16.6. The number of carbonyl (C=O) groups excluding carboxylic acids is 1. The van der Waals surface area contributed by atoms with Gasteiger partial charge >= 0.3 is 0 Å². The van der Waals surface area contributed by atoms with Crippen LogP contribution >= 0.6 is 11.3 Å². The molecule has 2 unspecified atom stereocenters. The minimum atomic E-state index is -0.0600. The molecule has 1 aliphatic carbocycles. The fourth-order valence-corrected chi connectivity index (χ4v) is 3.58. The number of rotatable bonds is 4. The normalized spacial score (nSPS) is 21.5. The third-order valence-electron chi connectivity index (χ3n) is 4.34. The van der Waals surface area contributed by atoms with Crippen LogP contribution in [0, 0.1) is 5.92 Å². The van der Waals surface area contributed by atoms with E-state index in [0.717, 1.165) is 36.9 Å². The number of thiazole rings is 1. The summed E-state index contributed by atoms with van der Waals surface area (Å²) in [6, 6.07) is 7.61. The predicted molar refractivity (Wildman–Crippen MR) is 87.8 cm³/mol. The van der Waals surface area contributed by atoms with Gasteiger partial charge in [-0.2, -0.15) is 0 Å². The molecule has 2 aromatic rings. The quantitative estimate of drug-likeness (QED) is 0.911. The molecular weight excluding hydrogens is 296 g/mol. The molecule has 4 nitrogen and oxygen atoms in total. The van der Waals surface area contributed by atoms with Crippen molar-refractivity contribution >= 4 is 17.2 Å². The number of nitrogens with one attached hydrogen (secondary N) is 1. The van der Waals surface area contributed by atoms with Crippen LogP contribution in [0.3, 0.4) is 0 Å². The highest BCUT2D eigenvalue weighted by Crippen LogP contribution is 2.24. The predicted octanol–water partition coefficient (Wildman–Crippen LogP) is 3.09. The Kier molecular flexibility index (Phi) is 4.85. The molecule has 2 atom stereocenters. The zero-order valence-corrected chi connectivity index (χ0v) is 13.2.